The van der Waals surface area contributed by atoms with Crippen LogP contribution in [0.25, 0.3) is 10.9 Å². The van der Waals surface area contributed by atoms with Crippen LogP contribution in [0, 0.1) is 0 Å². The quantitative estimate of drug-likeness (QED) is 0.662. The van der Waals surface area contributed by atoms with Crippen LogP contribution in [0.3, 0.4) is 0 Å². The molecule has 1 aliphatic rings. The third-order valence-corrected chi connectivity index (χ3v) is 5.15. The maximum absolute atomic E-state index is 12.5. The van der Waals surface area contributed by atoms with Gasteiger partial charge in [0.1, 0.15) is 12.1 Å². The molecule has 0 unspecified atom stereocenters. The molecule has 0 spiro atoms. The lowest BCUT2D eigenvalue weighted by Gasteiger charge is -2.22. The van der Waals surface area contributed by atoms with Gasteiger partial charge in [-0.15, -0.1) is 0 Å². The van der Waals surface area contributed by atoms with E-state index >= 15 is 0 Å². The molecular formula is C19H24N4O3. The summed E-state index contributed by atoms with van der Waals surface area (Å²) in [7, 11) is 0. The number of nitrogens with one attached hydrogen (secondary N) is 3. The standard InChI is InChI=1S/C19H24N4O3/c1-3-19(4-2)17(25)23(18(26)22-19)12-16(24)20-10-9-13-11-21-15-8-6-5-7-14(13)15/h5-8,11,21H,3-4,9-10,12H2,1-2H3,(H,20,24)(H,22,26). The van der Waals surface area contributed by atoms with Gasteiger partial charge in [0.25, 0.3) is 5.91 Å². The van der Waals surface area contributed by atoms with Crippen molar-refractivity contribution >= 4 is 28.7 Å². The fourth-order valence-corrected chi connectivity index (χ4v) is 3.42. The molecule has 0 bridgehead atoms. The Balaban J connectivity index is 1.55. The second-order valence-corrected chi connectivity index (χ2v) is 6.57. The lowest BCUT2D eigenvalue weighted by Crippen LogP contribution is -2.46. The minimum atomic E-state index is -0.874. The van der Waals surface area contributed by atoms with E-state index in [1.807, 2.05) is 44.3 Å². The highest BCUT2D eigenvalue weighted by atomic mass is 16.2. The molecule has 0 aliphatic carbocycles. The highest BCUT2D eigenvalue weighted by Crippen LogP contribution is 2.24. The summed E-state index contributed by atoms with van der Waals surface area (Å²) in [6.07, 6.45) is 3.62. The van der Waals surface area contributed by atoms with Crippen LogP contribution >= 0.6 is 0 Å². The molecule has 1 aromatic heterocycles. The monoisotopic (exact) mass is 356 g/mol. The number of carbonyl (C=O) groups is 3. The summed E-state index contributed by atoms with van der Waals surface area (Å²) in [6.45, 7) is 3.90. The second kappa shape index (κ2) is 7.19. The smallest absolute Gasteiger partial charge is 0.325 e. The van der Waals surface area contributed by atoms with Crippen LogP contribution < -0.4 is 10.6 Å². The molecule has 3 N–H and O–H groups in total. The highest BCUT2D eigenvalue weighted by Gasteiger charge is 2.49. The van der Waals surface area contributed by atoms with Gasteiger partial charge in [-0.2, -0.15) is 0 Å². The molecule has 1 fully saturated rings. The van der Waals surface area contributed by atoms with E-state index in [4.69, 9.17) is 0 Å². The molecule has 2 heterocycles. The van der Waals surface area contributed by atoms with Crippen LogP contribution in [0.1, 0.15) is 32.3 Å². The predicted octanol–water partition coefficient (Wildman–Crippen LogP) is 1.94. The number of fused-ring (bicyclic) bond motifs is 1. The van der Waals surface area contributed by atoms with E-state index in [2.05, 4.69) is 15.6 Å². The first-order valence-corrected chi connectivity index (χ1v) is 8.96. The largest absolute Gasteiger partial charge is 0.361 e. The molecule has 2 aromatic rings. The fraction of sp³-hybridized carbons (Fsp3) is 0.421. The van der Waals surface area contributed by atoms with Gasteiger partial charge >= 0.3 is 6.03 Å². The number of hydrogen-bond acceptors (Lipinski definition) is 3. The molecule has 1 aromatic carbocycles. The number of aromatic amines is 1. The zero-order chi connectivity index (χ0) is 18.7. The summed E-state index contributed by atoms with van der Waals surface area (Å²) in [6, 6.07) is 7.48. The summed E-state index contributed by atoms with van der Waals surface area (Å²) in [5.74, 6) is -0.657. The molecule has 26 heavy (non-hydrogen) atoms. The number of amides is 4. The second-order valence-electron chi connectivity index (χ2n) is 6.57. The van der Waals surface area contributed by atoms with Crippen LogP contribution in [0.5, 0.6) is 0 Å². The van der Waals surface area contributed by atoms with Crippen molar-refractivity contribution in [2.75, 3.05) is 13.1 Å². The summed E-state index contributed by atoms with van der Waals surface area (Å²) in [5.41, 5.74) is 1.30. The van der Waals surface area contributed by atoms with Crippen LogP contribution in [-0.4, -0.2) is 46.4 Å². The maximum atomic E-state index is 12.5. The van der Waals surface area contributed by atoms with E-state index < -0.39 is 11.6 Å². The van der Waals surface area contributed by atoms with E-state index in [-0.39, 0.29) is 18.4 Å². The van der Waals surface area contributed by atoms with Crippen molar-refractivity contribution in [1.82, 2.24) is 20.5 Å². The Morgan fingerprint density at radius 3 is 2.62 bits per heavy atom. The van der Waals surface area contributed by atoms with Crippen molar-refractivity contribution < 1.29 is 14.4 Å². The Bertz CT molecular complexity index is 838. The molecule has 0 saturated carbocycles. The van der Waals surface area contributed by atoms with Gasteiger partial charge in [-0.05, 0) is 30.9 Å². The Labute approximate surface area is 152 Å². The number of hydrogen-bond donors (Lipinski definition) is 3. The van der Waals surface area contributed by atoms with Crippen molar-refractivity contribution in [2.24, 2.45) is 0 Å². The topological polar surface area (TPSA) is 94.3 Å². The average molecular weight is 356 g/mol. The molecule has 0 radical (unpaired) electrons. The molecule has 7 nitrogen and oxygen atoms in total. The third kappa shape index (κ3) is 3.16. The van der Waals surface area contributed by atoms with E-state index in [1.165, 1.54) is 0 Å². The number of H-pyrrole nitrogens is 1. The molecule has 1 aliphatic heterocycles. The number of aromatic nitrogens is 1. The van der Waals surface area contributed by atoms with Gasteiger partial charge in [-0.25, -0.2) is 4.79 Å². The SMILES string of the molecule is CCC1(CC)NC(=O)N(CC(=O)NCCc2c[nH]c3ccccc23)C1=O. The van der Waals surface area contributed by atoms with Gasteiger partial charge in [-0.1, -0.05) is 32.0 Å². The maximum Gasteiger partial charge on any atom is 0.325 e. The summed E-state index contributed by atoms with van der Waals surface area (Å²) < 4.78 is 0. The van der Waals surface area contributed by atoms with Gasteiger partial charge in [0.15, 0.2) is 0 Å². The first-order chi connectivity index (χ1) is 12.5. The molecule has 4 amide bonds. The van der Waals surface area contributed by atoms with E-state index in [1.54, 1.807) is 0 Å². The van der Waals surface area contributed by atoms with Crippen LogP contribution in [0.4, 0.5) is 4.79 Å². The molecule has 7 heteroatoms. The number of imide groups is 1. The van der Waals surface area contributed by atoms with Crippen molar-refractivity contribution in [3.05, 3.63) is 36.0 Å². The van der Waals surface area contributed by atoms with Crippen LogP contribution in [-0.2, 0) is 16.0 Å². The Hall–Kier alpha value is -2.83. The van der Waals surface area contributed by atoms with Gasteiger partial charge < -0.3 is 15.6 Å². The summed E-state index contributed by atoms with van der Waals surface area (Å²) in [4.78, 5) is 41.0. The number of nitrogens with zero attached hydrogens (tertiary/aromatic N) is 1. The van der Waals surface area contributed by atoms with Gasteiger partial charge in [0.2, 0.25) is 5.91 Å². The Kier molecular flexibility index (Phi) is 4.97. The summed E-state index contributed by atoms with van der Waals surface area (Å²) >= 11 is 0. The Morgan fingerprint density at radius 2 is 1.92 bits per heavy atom. The van der Waals surface area contributed by atoms with Crippen molar-refractivity contribution in [1.29, 1.82) is 0 Å². The molecule has 0 atom stereocenters. The first kappa shape index (κ1) is 18.0. The van der Waals surface area contributed by atoms with E-state index in [0.29, 0.717) is 25.8 Å². The number of urea groups is 1. The predicted molar refractivity (Wildman–Crippen MR) is 98.6 cm³/mol. The fourth-order valence-electron chi connectivity index (χ4n) is 3.42. The van der Waals surface area contributed by atoms with Crippen LogP contribution in [0.15, 0.2) is 30.5 Å². The zero-order valence-electron chi connectivity index (χ0n) is 15.1. The van der Waals surface area contributed by atoms with Crippen molar-refractivity contribution in [3.8, 4) is 0 Å². The van der Waals surface area contributed by atoms with E-state index in [0.717, 1.165) is 21.4 Å². The zero-order valence-corrected chi connectivity index (χ0v) is 15.1. The van der Waals surface area contributed by atoms with Gasteiger partial charge in [0, 0.05) is 23.6 Å². The van der Waals surface area contributed by atoms with E-state index in [9.17, 15) is 14.4 Å². The number of benzene rings is 1. The normalized spacial score (nSPS) is 16.2. The van der Waals surface area contributed by atoms with Crippen LogP contribution in [0.2, 0.25) is 0 Å². The average Bonchev–Trinajstić information content (AvgIpc) is 3.16. The number of rotatable bonds is 7. The minimum absolute atomic E-state index is 0.250. The minimum Gasteiger partial charge on any atom is -0.361 e. The van der Waals surface area contributed by atoms with Gasteiger partial charge in [-0.3, -0.25) is 14.5 Å². The number of carbonyl (C=O) groups excluding carboxylic acids is 3. The molecule has 3 rings (SSSR count). The third-order valence-electron chi connectivity index (χ3n) is 5.15. The molecular weight excluding hydrogens is 332 g/mol. The first-order valence-electron chi connectivity index (χ1n) is 8.96. The summed E-state index contributed by atoms with van der Waals surface area (Å²) in [5, 5.41) is 6.65. The highest BCUT2D eigenvalue weighted by molar-refractivity contribution is 6.09. The van der Waals surface area contributed by atoms with Crippen molar-refractivity contribution in [3.63, 3.8) is 0 Å². The lowest BCUT2D eigenvalue weighted by atomic mass is 9.93. The Morgan fingerprint density at radius 1 is 1.19 bits per heavy atom. The number of para-hydroxylation sites is 1. The lowest BCUT2D eigenvalue weighted by molar-refractivity contribution is -0.135. The van der Waals surface area contributed by atoms with Crippen molar-refractivity contribution in [2.45, 2.75) is 38.6 Å². The molecule has 138 valence electrons. The molecule has 1 saturated heterocycles. The van der Waals surface area contributed by atoms with Gasteiger partial charge in [0.05, 0.1) is 0 Å².